The topological polar surface area (TPSA) is 51.6 Å². The van der Waals surface area contributed by atoms with E-state index in [1.54, 1.807) is 23.1 Å². The van der Waals surface area contributed by atoms with Gasteiger partial charge in [-0.3, -0.25) is 0 Å². The van der Waals surface area contributed by atoms with Crippen LogP contribution in [0.4, 0.5) is 0 Å². The molecule has 4 nitrogen and oxygen atoms in total. The molecule has 4 rings (SSSR count). The summed E-state index contributed by atoms with van der Waals surface area (Å²) in [5, 5.41) is 13.8. The Kier molecular flexibility index (Phi) is 11.7. The number of allylic oxidation sites excluding steroid dienone is 3. The maximum Gasteiger partial charge on any atom is 0.192 e. The Morgan fingerprint density at radius 2 is 1.70 bits per heavy atom. The molecule has 0 bridgehead atoms. The van der Waals surface area contributed by atoms with Gasteiger partial charge in [0, 0.05) is 18.0 Å². The first-order valence-corrected chi connectivity index (χ1v) is 24.9. The van der Waals surface area contributed by atoms with E-state index in [2.05, 4.69) is 105 Å². The number of aliphatic hydroxyl groups excluding tert-OH is 1. The third kappa shape index (κ3) is 8.30. The fourth-order valence-corrected chi connectivity index (χ4v) is 11.5. The van der Waals surface area contributed by atoms with Crippen LogP contribution < -0.4 is 0 Å². The predicted molar refractivity (Wildman–Crippen MR) is 202 cm³/mol. The predicted octanol–water partition coefficient (Wildman–Crippen LogP) is 11.8. The molecule has 1 aromatic heterocycles. The number of aromatic nitrogens is 1. The maximum absolute atomic E-state index is 10.7. The lowest BCUT2D eigenvalue weighted by molar-refractivity contribution is 0.0824. The highest BCUT2D eigenvalue weighted by Gasteiger charge is 2.51. The Balaban J connectivity index is 1.54. The molecule has 3 aliphatic rings. The second-order valence-corrected chi connectivity index (χ2v) is 28.7. The van der Waals surface area contributed by atoms with Gasteiger partial charge in [-0.2, -0.15) is 0 Å². The molecular weight excluding hydrogens is 619 g/mol. The van der Waals surface area contributed by atoms with E-state index < -0.39 is 22.7 Å². The van der Waals surface area contributed by atoms with E-state index in [1.165, 1.54) is 43.3 Å². The molecule has 0 radical (unpaired) electrons. The standard InChI is InChI=1S/C39H67NO3SSi2/c1-27(16-21-34(41)36-40-23-24-44-36)32-19-20-33-29(15-14-22-39(32,33)9)17-18-30-25-31(42-45(10,11)37(3,4)5)26-35(28(30)2)43-46(12,13)38(6,7)8/h17-18,23-24,27,31-35,41H,2,14-16,19-22,25-26H2,1,3-13H3/b29-17+,30-18-/t27-,31-,32-,33+,34?,35+,39-/m1/s1. The monoisotopic (exact) mass is 685 g/mol. The molecule has 0 amide bonds. The summed E-state index contributed by atoms with van der Waals surface area (Å²) < 4.78 is 14.2. The molecule has 260 valence electrons. The molecule has 1 unspecified atom stereocenters. The minimum atomic E-state index is -1.99. The van der Waals surface area contributed by atoms with E-state index in [9.17, 15) is 5.11 Å². The quantitative estimate of drug-likeness (QED) is 0.249. The summed E-state index contributed by atoms with van der Waals surface area (Å²) in [6.07, 6.45) is 16.5. The molecule has 3 fully saturated rings. The van der Waals surface area contributed by atoms with Crippen molar-refractivity contribution in [1.82, 2.24) is 4.98 Å². The zero-order chi connectivity index (χ0) is 34.3. The molecular formula is C39H67NO3SSi2. The van der Waals surface area contributed by atoms with Gasteiger partial charge in [-0.1, -0.05) is 79.7 Å². The van der Waals surface area contributed by atoms with Gasteiger partial charge in [0.15, 0.2) is 16.6 Å². The second-order valence-electron chi connectivity index (χ2n) is 18.3. The highest BCUT2D eigenvalue weighted by Crippen LogP contribution is 2.60. The number of hydrogen-bond acceptors (Lipinski definition) is 5. The SMILES string of the molecule is C=C1/C(=C\C=C2/CCC[C@]3(C)[C@@H]([C@H](C)CCC(O)c4nccs4)CC[C@@H]23)C[C@@H](O[Si](C)(C)C(C)(C)C)C[C@@H]1O[Si](C)(C)C(C)(C)C. The first-order valence-electron chi connectivity index (χ1n) is 18.2. The van der Waals surface area contributed by atoms with Crippen molar-refractivity contribution in [3.8, 4) is 0 Å². The lowest BCUT2D eigenvalue weighted by atomic mass is 9.60. The third-order valence-electron chi connectivity index (χ3n) is 13.1. The average molecular weight is 686 g/mol. The summed E-state index contributed by atoms with van der Waals surface area (Å²) in [7, 11) is -3.92. The van der Waals surface area contributed by atoms with Gasteiger partial charge < -0.3 is 14.0 Å². The Bertz CT molecular complexity index is 1250. The van der Waals surface area contributed by atoms with E-state index in [4.69, 9.17) is 8.85 Å². The molecule has 3 saturated carbocycles. The van der Waals surface area contributed by atoms with E-state index >= 15 is 0 Å². The van der Waals surface area contributed by atoms with Gasteiger partial charge in [-0.15, -0.1) is 11.3 Å². The lowest BCUT2D eigenvalue weighted by Gasteiger charge is -2.46. The first-order chi connectivity index (χ1) is 21.2. The van der Waals surface area contributed by atoms with Crippen molar-refractivity contribution >= 4 is 28.0 Å². The highest BCUT2D eigenvalue weighted by molar-refractivity contribution is 7.09. The molecule has 1 aromatic rings. The van der Waals surface area contributed by atoms with Crippen LogP contribution in [0, 0.1) is 23.2 Å². The molecule has 0 aliphatic heterocycles. The van der Waals surface area contributed by atoms with Crippen molar-refractivity contribution < 1.29 is 14.0 Å². The van der Waals surface area contributed by atoms with Crippen LogP contribution in [0.1, 0.15) is 124 Å². The summed E-state index contributed by atoms with van der Waals surface area (Å²) in [6.45, 7) is 33.2. The number of thiazole rings is 1. The molecule has 1 heterocycles. The lowest BCUT2D eigenvalue weighted by Crippen LogP contribution is -2.49. The molecule has 3 aliphatic carbocycles. The summed E-state index contributed by atoms with van der Waals surface area (Å²) >= 11 is 1.56. The third-order valence-corrected chi connectivity index (χ3v) is 23.0. The Labute approximate surface area is 288 Å². The van der Waals surface area contributed by atoms with Crippen molar-refractivity contribution in [1.29, 1.82) is 0 Å². The molecule has 7 atom stereocenters. The van der Waals surface area contributed by atoms with Crippen molar-refractivity contribution in [2.45, 2.75) is 168 Å². The summed E-state index contributed by atoms with van der Waals surface area (Å²) in [5.41, 5.74) is 4.48. The summed E-state index contributed by atoms with van der Waals surface area (Å²) in [4.78, 5) is 4.35. The Morgan fingerprint density at radius 1 is 1.04 bits per heavy atom. The van der Waals surface area contributed by atoms with Gasteiger partial charge in [0.25, 0.3) is 0 Å². The van der Waals surface area contributed by atoms with Crippen molar-refractivity contribution in [3.05, 3.63) is 52.0 Å². The number of fused-ring (bicyclic) bond motifs is 1. The van der Waals surface area contributed by atoms with E-state index in [1.807, 2.05) is 5.38 Å². The van der Waals surface area contributed by atoms with E-state index in [-0.39, 0.29) is 22.3 Å². The van der Waals surface area contributed by atoms with Gasteiger partial charge in [0.05, 0.1) is 12.2 Å². The van der Waals surface area contributed by atoms with Gasteiger partial charge in [0.1, 0.15) is 11.1 Å². The molecule has 0 saturated heterocycles. The fraction of sp³-hybridized carbons (Fsp3) is 0.769. The largest absolute Gasteiger partial charge is 0.413 e. The normalized spacial score (nSPS) is 31.4. The first kappa shape index (κ1) is 38.0. The Hall–Kier alpha value is -0.836. The average Bonchev–Trinajstić information content (AvgIpc) is 3.59. The van der Waals surface area contributed by atoms with Gasteiger partial charge >= 0.3 is 0 Å². The number of hydrogen-bond donors (Lipinski definition) is 1. The second kappa shape index (κ2) is 14.2. The molecule has 46 heavy (non-hydrogen) atoms. The van der Waals surface area contributed by atoms with Crippen molar-refractivity contribution in [2.24, 2.45) is 23.2 Å². The fourth-order valence-electron chi connectivity index (χ4n) is 8.12. The van der Waals surface area contributed by atoms with Crippen molar-refractivity contribution in [3.63, 3.8) is 0 Å². The zero-order valence-electron chi connectivity index (χ0n) is 31.5. The highest BCUT2D eigenvalue weighted by atomic mass is 32.1. The van der Waals surface area contributed by atoms with Gasteiger partial charge in [0.2, 0.25) is 0 Å². The molecule has 0 aromatic carbocycles. The van der Waals surface area contributed by atoms with Crippen LogP contribution in [0.25, 0.3) is 0 Å². The Morgan fingerprint density at radius 3 is 2.30 bits per heavy atom. The smallest absolute Gasteiger partial charge is 0.192 e. The minimum Gasteiger partial charge on any atom is -0.413 e. The van der Waals surface area contributed by atoms with Crippen LogP contribution in [0.2, 0.25) is 36.3 Å². The minimum absolute atomic E-state index is 0.0159. The van der Waals surface area contributed by atoms with Crippen molar-refractivity contribution in [2.75, 3.05) is 0 Å². The van der Waals surface area contributed by atoms with E-state index in [0.29, 0.717) is 23.2 Å². The van der Waals surface area contributed by atoms with Crippen LogP contribution in [0.5, 0.6) is 0 Å². The summed E-state index contributed by atoms with van der Waals surface area (Å²) in [5.74, 6) is 1.94. The summed E-state index contributed by atoms with van der Waals surface area (Å²) in [6, 6.07) is 0. The molecule has 0 spiro atoms. The van der Waals surface area contributed by atoms with Gasteiger partial charge in [-0.25, -0.2) is 4.98 Å². The van der Waals surface area contributed by atoms with Crippen LogP contribution in [0.3, 0.4) is 0 Å². The molecule has 7 heteroatoms. The van der Waals surface area contributed by atoms with Gasteiger partial charge in [-0.05, 0) is 122 Å². The zero-order valence-corrected chi connectivity index (χ0v) is 34.3. The van der Waals surface area contributed by atoms with Crippen LogP contribution in [0.15, 0.2) is 47.0 Å². The maximum atomic E-state index is 10.7. The van der Waals surface area contributed by atoms with Crippen LogP contribution in [-0.4, -0.2) is 38.9 Å². The van der Waals surface area contributed by atoms with E-state index in [0.717, 1.165) is 30.7 Å². The van der Waals surface area contributed by atoms with Crippen LogP contribution in [-0.2, 0) is 8.85 Å². The number of rotatable bonds is 10. The number of aliphatic hydroxyl groups is 1. The van der Waals surface area contributed by atoms with Crippen LogP contribution >= 0.6 is 11.3 Å². The molecule has 1 N–H and O–H groups in total. The number of nitrogens with zero attached hydrogens (tertiary/aromatic N) is 1.